The number of aliphatic hydroxyl groups is 1. The minimum atomic E-state index is -0.349. The Bertz CT molecular complexity index is 227. The average molecular weight is 210 g/mol. The fourth-order valence-corrected chi connectivity index (χ4v) is 4.08. The van der Waals surface area contributed by atoms with E-state index in [0.717, 1.165) is 18.8 Å². The first kappa shape index (κ1) is 11.4. The van der Waals surface area contributed by atoms with Gasteiger partial charge < -0.3 is 5.11 Å². The SMILES string of the molecule is CC1CC(C)(C)CC1(O)CC1CCCC1. The smallest absolute Gasteiger partial charge is 0.0681 e. The highest BCUT2D eigenvalue weighted by molar-refractivity contribution is 4.99. The zero-order chi connectivity index (χ0) is 11.1. The molecule has 0 radical (unpaired) electrons. The molecule has 0 bridgehead atoms. The average Bonchev–Trinajstić information content (AvgIpc) is 2.59. The summed E-state index contributed by atoms with van der Waals surface area (Å²) in [6.07, 6.45) is 8.76. The lowest BCUT2D eigenvalue weighted by molar-refractivity contribution is -0.0176. The molecule has 2 aliphatic rings. The van der Waals surface area contributed by atoms with Crippen LogP contribution in [0.4, 0.5) is 0 Å². The van der Waals surface area contributed by atoms with Crippen molar-refractivity contribution in [3.05, 3.63) is 0 Å². The van der Waals surface area contributed by atoms with Crippen molar-refractivity contribution >= 4 is 0 Å². The summed E-state index contributed by atoms with van der Waals surface area (Å²) in [6.45, 7) is 6.84. The summed E-state index contributed by atoms with van der Waals surface area (Å²) < 4.78 is 0. The summed E-state index contributed by atoms with van der Waals surface area (Å²) in [7, 11) is 0. The Balaban J connectivity index is 1.99. The van der Waals surface area contributed by atoms with Gasteiger partial charge in [-0.2, -0.15) is 0 Å². The summed E-state index contributed by atoms with van der Waals surface area (Å²) in [5.74, 6) is 1.31. The predicted octanol–water partition coefficient (Wildman–Crippen LogP) is 3.75. The molecule has 0 amide bonds. The molecule has 1 N–H and O–H groups in total. The van der Waals surface area contributed by atoms with Crippen molar-refractivity contribution < 1.29 is 5.11 Å². The van der Waals surface area contributed by atoms with Crippen LogP contribution in [-0.4, -0.2) is 10.7 Å². The zero-order valence-corrected chi connectivity index (χ0v) is 10.6. The van der Waals surface area contributed by atoms with Gasteiger partial charge in [0.05, 0.1) is 5.60 Å². The highest BCUT2D eigenvalue weighted by Crippen LogP contribution is 2.51. The fraction of sp³-hybridized carbons (Fsp3) is 1.00. The normalized spacial score (nSPS) is 41.2. The third-order valence-electron chi connectivity index (χ3n) is 4.68. The standard InChI is InChI=1S/C14H26O/c1-11-8-13(2,3)10-14(11,15)9-12-6-4-5-7-12/h11-12,15H,4-10H2,1-3H3. The molecule has 1 nitrogen and oxygen atoms in total. The van der Waals surface area contributed by atoms with Crippen LogP contribution in [0.3, 0.4) is 0 Å². The van der Waals surface area contributed by atoms with Crippen LogP contribution < -0.4 is 0 Å². The summed E-state index contributed by atoms with van der Waals surface area (Å²) in [5, 5.41) is 10.8. The minimum Gasteiger partial charge on any atom is -0.390 e. The maximum absolute atomic E-state index is 10.8. The maximum Gasteiger partial charge on any atom is 0.0681 e. The van der Waals surface area contributed by atoms with Crippen LogP contribution in [-0.2, 0) is 0 Å². The Morgan fingerprint density at radius 1 is 1.20 bits per heavy atom. The van der Waals surface area contributed by atoms with Gasteiger partial charge in [-0.3, -0.25) is 0 Å². The van der Waals surface area contributed by atoms with E-state index in [0.29, 0.717) is 11.3 Å². The minimum absolute atomic E-state index is 0.349. The van der Waals surface area contributed by atoms with Crippen molar-refractivity contribution in [3.8, 4) is 0 Å². The molecule has 88 valence electrons. The van der Waals surface area contributed by atoms with Crippen LogP contribution in [0.25, 0.3) is 0 Å². The third-order valence-corrected chi connectivity index (χ3v) is 4.68. The van der Waals surface area contributed by atoms with E-state index in [-0.39, 0.29) is 5.60 Å². The molecule has 1 heteroatoms. The number of hydrogen-bond acceptors (Lipinski definition) is 1. The van der Waals surface area contributed by atoms with Crippen molar-refractivity contribution in [2.24, 2.45) is 17.3 Å². The van der Waals surface area contributed by atoms with E-state index in [4.69, 9.17) is 0 Å². The van der Waals surface area contributed by atoms with Gasteiger partial charge in [-0.05, 0) is 36.5 Å². The van der Waals surface area contributed by atoms with E-state index in [1.807, 2.05) is 0 Å². The highest BCUT2D eigenvalue weighted by Gasteiger charge is 2.48. The van der Waals surface area contributed by atoms with Crippen LogP contribution in [0, 0.1) is 17.3 Å². The van der Waals surface area contributed by atoms with Crippen molar-refractivity contribution in [2.45, 2.75) is 71.3 Å². The van der Waals surface area contributed by atoms with Crippen molar-refractivity contribution in [2.75, 3.05) is 0 Å². The van der Waals surface area contributed by atoms with Crippen LogP contribution in [0.2, 0.25) is 0 Å². The molecule has 0 aromatic rings. The van der Waals surface area contributed by atoms with E-state index in [9.17, 15) is 5.11 Å². The van der Waals surface area contributed by atoms with Crippen molar-refractivity contribution in [1.29, 1.82) is 0 Å². The predicted molar refractivity (Wildman–Crippen MR) is 63.7 cm³/mol. The number of rotatable bonds is 2. The number of hydrogen-bond donors (Lipinski definition) is 1. The van der Waals surface area contributed by atoms with E-state index in [1.165, 1.54) is 32.1 Å². The van der Waals surface area contributed by atoms with Crippen LogP contribution in [0.15, 0.2) is 0 Å². The lowest BCUT2D eigenvalue weighted by Gasteiger charge is -2.31. The van der Waals surface area contributed by atoms with Gasteiger partial charge in [0.1, 0.15) is 0 Å². The second-order valence-electron chi connectivity index (χ2n) is 6.90. The molecular formula is C14H26O. The maximum atomic E-state index is 10.8. The molecule has 0 aromatic heterocycles. The topological polar surface area (TPSA) is 20.2 Å². The quantitative estimate of drug-likeness (QED) is 0.736. The first-order valence-corrected chi connectivity index (χ1v) is 6.64. The van der Waals surface area contributed by atoms with Gasteiger partial charge in [0.15, 0.2) is 0 Å². The molecule has 15 heavy (non-hydrogen) atoms. The molecular weight excluding hydrogens is 184 g/mol. The van der Waals surface area contributed by atoms with Crippen molar-refractivity contribution in [1.82, 2.24) is 0 Å². The monoisotopic (exact) mass is 210 g/mol. The summed E-state index contributed by atoms with van der Waals surface area (Å²) in [6, 6.07) is 0. The van der Waals surface area contributed by atoms with Gasteiger partial charge in [0.2, 0.25) is 0 Å². The largest absolute Gasteiger partial charge is 0.390 e. The van der Waals surface area contributed by atoms with Crippen LogP contribution in [0.1, 0.15) is 65.7 Å². The van der Waals surface area contributed by atoms with E-state index in [1.54, 1.807) is 0 Å². The Morgan fingerprint density at radius 2 is 1.80 bits per heavy atom. The van der Waals surface area contributed by atoms with E-state index < -0.39 is 0 Å². The molecule has 2 fully saturated rings. The molecule has 0 spiro atoms. The second kappa shape index (κ2) is 3.76. The van der Waals surface area contributed by atoms with Gasteiger partial charge in [0.25, 0.3) is 0 Å². The lowest BCUT2D eigenvalue weighted by atomic mass is 9.81. The van der Waals surface area contributed by atoms with E-state index in [2.05, 4.69) is 20.8 Å². The Hall–Kier alpha value is -0.0400. The molecule has 2 unspecified atom stereocenters. The molecule has 2 aliphatic carbocycles. The highest BCUT2D eigenvalue weighted by atomic mass is 16.3. The van der Waals surface area contributed by atoms with Crippen LogP contribution >= 0.6 is 0 Å². The van der Waals surface area contributed by atoms with E-state index >= 15 is 0 Å². The molecule has 0 saturated heterocycles. The van der Waals surface area contributed by atoms with Gasteiger partial charge >= 0.3 is 0 Å². The first-order valence-electron chi connectivity index (χ1n) is 6.64. The molecule has 2 atom stereocenters. The molecule has 0 aliphatic heterocycles. The van der Waals surface area contributed by atoms with Gasteiger partial charge in [0, 0.05) is 0 Å². The summed E-state index contributed by atoms with van der Waals surface area (Å²) in [5.41, 5.74) is 0.00524. The van der Waals surface area contributed by atoms with Gasteiger partial charge in [-0.1, -0.05) is 46.5 Å². The molecule has 2 saturated carbocycles. The Labute approximate surface area is 94.3 Å². The zero-order valence-electron chi connectivity index (χ0n) is 10.6. The fourth-order valence-electron chi connectivity index (χ4n) is 4.08. The summed E-state index contributed by atoms with van der Waals surface area (Å²) in [4.78, 5) is 0. The molecule has 2 rings (SSSR count). The van der Waals surface area contributed by atoms with Gasteiger partial charge in [-0.15, -0.1) is 0 Å². The Kier molecular flexibility index (Phi) is 2.87. The Morgan fingerprint density at radius 3 is 2.27 bits per heavy atom. The first-order chi connectivity index (χ1) is 6.91. The van der Waals surface area contributed by atoms with Crippen LogP contribution in [0.5, 0.6) is 0 Å². The summed E-state index contributed by atoms with van der Waals surface area (Å²) >= 11 is 0. The molecule has 0 heterocycles. The molecule has 0 aromatic carbocycles. The lowest BCUT2D eigenvalue weighted by Crippen LogP contribution is -2.34. The third kappa shape index (κ3) is 2.38. The van der Waals surface area contributed by atoms with Crippen molar-refractivity contribution in [3.63, 3.8) is 0 Å². The second-order valence-corrected chi connectivity index (χ2v) is 6.90. The van der Waals surface area contributed by atoms with Gasteiger partial charge in [-0.25, -0.2) is 0 Å².